The molecule has 4 aliphatic rings. The van der Waals surface area contributed by atoms with E-state index in [4.69, 9.17) is 37.9 Å². The van der Waals surface area contributed by atoms with E-state index in [1.165, 1.54) is 16.0 Å². The van der Waals surface area contributed by atoms with Gasteiger partial charge in [0.2, 0.25) is 0 Å². The Morgan fingerprint density at radius 1 is 1.21 bits per heavy atom. The summed E-state index contributed by atoms with van der Waals surface area (Å²) in [5.41, 5.74) is 4.28. The zero-order valence-corrected chi connectivity index (χ0v) is 25.4. The van der Waals surface area contributed by atoms with Gasteiger partial charge < -0.3 is 19.4 Å². The van der Waals surface area contributed by atoms with Crippen molar-refractivity contribution in [1.82, 2.24) is 19.8 Å². The van der Waals surface area contributed by atoms with E-state index in [0.29, 0.717) is 48.2 Å². The highest BCUT2D eigenvalue weighted by Crippen LogP contribution is 2.51. The summed E-state index contributed by atoms with van der Waals surface area (Å²) in [6, 6.07) is 6.20. The number of piperazine rings is 1. The molecule has 0 radical (unpaired) electrons. The molecule has 42 heavy (non-hydrogen) atoms. The highest BCUT2D eigenvalue weighted by molar-refractivity contribution is 6.35. The maximum Gasteiger partial charge on any atom is 0.318 e. The fourth-order valence-corrected chi connectivity index (χ4v) is 8.19. The summed E-state index contributed by atoms with van der Waals surface area (Å²) in [6.45, 7) is 5.81. The Bertz CT molecular complexity index is 1460. The van der Waals surface area contributed by atoms with Crippen LogP contribution in [0.2, 0.25) is 10.0 Å². The molecule has 1 spiro atoms. The number of ether oxygens (including phenoxy) is 1. The van der Waals surface area contributed by atoms with E-state index < -0.39 is 17.8 Å². The van der Waals surface area contributed by atoms with Gasteiger partial charge in [0, 0.05) is 53.1 Å². The van der Waals surface area contributed by atoms with Gasteiger partial charge in [-0.2, -0.15) is 15.2 Å². The van der Waals surface area contributed by atoms with Crippen molar-refractivity contribution >= 4 is 34.9 Å². The van der Waals surface area contributed by atoms with Crippen molar-refractivity contribution in [3.05, 3.63) is 57.0 Å². The summed E-state index contributed by atoms with van der Waals surface area (Å²) < 4.78 is 20.1. The summed E-state index contributed by atoms with van der Waals surface area (Å²) in [5.74, 6) is -0.997. The number of aryl methyl sites for hydroxylation is 1. The Labute approximate surface area is 256 Å². The van der Waals surface area contributed by atoms with E-state index in [0.717, 1.165) is 62.1 Å². The highest BCUT2D eigenvalue weighted by atomic mass is 35.5. The average molecular weight is 614 g/mol. The second-order valence-electron chi connectivity index (χ2n) is 12.1. The van der Waals surface area contributed by atoms with Crippen LogP contribution in [0.15, 0.2) is 24.5 Å². The van der Waals surface area contributed by atoms with Crippen molar-refractivity contribution in [3.63, 3.8) is 0 Å². The number of carbonyl (C=O) groups is 1. The van der Waals surface area contributed by atoms with E-state index in [2.05, 4.69) is 29.5 Å². The quantitative estimate of drug-likeness (QED) is 0.422. The smallest absolute Gasteiger partial charge is 0.318 e. The van der Waals surface area contributed by atoms with Crippen molar-refractivity contribution in [2.45, 2.75) is 68.9 Å². The molecule has 2 fully saturated rings. The Morgan fingerprint density at radius 3 is 2.76 bits per heavy atom. The van der Waals surface area contributed by atoms with Crippen LogP contribution in [0.4, 0.5) is 10.2 Å². The van der Waals surface area contributed by atoms with Crippen LogP contribution < -0.4 is 9.64 Å². The van der Waals surface area contributed by atoms with Crippen LogP contribution in [-0.4, -0.2) is 77.6 Å². The third-order valence-electron chi connectivity index (χ3n) is 9.63. The summed E-state index contributed by atoms with van der Waals surface area (Å²) in [4.78, 5) is 28.3. The lowest BCUT2D eigenvalue weighted by atomic mass is 9.69. The number of aromatic nitrogens is 2. The SMILES string of the molecule is C=C(F)C(=O)N1CCN(c2nc(OC[C@@H]3CCCN3C)nc3c2CCC2(CCc4cc(Cl)cc(Cl)c42)C3)C[C@@H]1CC#N. The number of hydrogen-bond donors (Lipinski definition) is 0. The second-order valence-corrected chi connectivity index (χ2v) is 12.9. The molecule has 2 saturated heterocycles. The van der Waals surface area contributed by atoms with Gasteiger partial charge in [0.25, 0.3) is 5.91 Å². The van der Waals surface area contributed by atoms with Gasteiger partial charge in [-0.05, 0) is 75.4 Å². The van der Waals surface area contributed by atoms with Crippen LogP contribution >= 0.6 is 23.2 Å². The lowest BCUT2D eigenvalue weighted by Gasteiger charge is -2.43. The zero-order valence-electron chi connectivity index (χ0n) is 23.8. The predicted octanol–water partition coefficient (Wildman–Crippen LogP) is 5.04. The van der Waals surface area contributed by atoms with Crippen LogP contribution in [-0.2, 0) is 29.5 Å². The van der Waals surface area contributed by atoms with E-state index in [1.54, 1.807) is 0 Å². The molecule has 2 aliphatic carbocycles. The molecule has 1 aromatic carbocycles. The number of likely N-dealkylation sites (N-methyl/N-ethyl adjacent to an activating group) is 1. The van der Waals surface area contributed by atoms with E-state index >= 15 is 0 Å². The van der Waals surface area contributed by atoms with Gasteiger partial charge in [0.15, 0.2) is 5.83 Å². The molecule has 2 aliphatic heterocycles. The van der Waals surface area contributed by atoms with Crippen LogP contribution in [0.25, 0.3) is 0 Å². The Hall–Kier alpha value is -2.93. The fourth-order valence-electron chi connectivity index (χ4n) is 7.45. The van der Waals surface area contributed by atoms with Crippen molar-refractivity contribution < 1.29 is 13.9 Å². The van der Waals surface area contributed by atoms with Crippen molar-refractivity contribution in [3.8, 4) is 12.1 Å². The molecule has 3 heterocycles. The fraction of sp³-hybridized carbons (Fsp3) is 0.548. The highest BCUT2D eigenvalue weighted by Gasteiger charge is 2.45. The summed E-state index contributed by atoms with van der Waals surface area (Å²) in [7, 11) is 2.11. The van der Waals surface area contributed by atoms with Gasteiger partial charge in [0.05, 0.1) is 24.2 Å². The van der Waals surface area contributed by atoms with Crippen LogP contribution in [0.3, 0.4) is 0 Å². The number of likely N-dealkylation sites (tertiary alicyclic amines) is 1. The first-order chi connectivity index (χ1) is 20.2. The molecule has 2 aromatic rings. The van der Waals surface area contributed by atoms with Crippen molar-refractivity contribution in [2.75, 3.05) is 44.7 Å². The minimum Gasteiger partial charge on any atom is -0.462 e. The maximum absolute atomic E-state index is 13.8. The molecule has 6 rings (SSSR count). The Balaban J connectivity index is 1.35. The molecular weight excluding hydrogens is 578 g/mol. The Morgan fingerprint density at radius 2 is 2.02 bits per heavy atom. The van der Waals surface area contributed by atoms with Crippen LogP contribution in [0, 0.1) is 11.3 Å². The first-order valence-electron chi connectivity index (χ1n) is 14.7. The molecule has 11 heteroatoms. The standard InChI is InChI=1S/C31H35Cl2FN6O2/c1-19(34)29(41)40-13-12-39(17-22(40)7-10-35)28-24-6-9-31(8-5-20-14-21(32)15-25(33)27(20)31)16-26(24)36-30(37-28)42-18-23-4-3-11-38(23)2/h14-15,22-23H,1,3-9,11-13,16-18H2,2H3/t22-,23-,31?/m0/s1. The van der Waals surface area contributed by atoms with Crippen LogP contribution in [0.5, 0.6) is 6.01 Å². The first-order valence-corrected chi connectivity index (χ1v) is 15.4. The molecule has 1 amide bonds. The summed E-state index contributed by atoms with van der Waals surface area (Å²) in [5, 5.41) is 10.9. The molecule has 8 nitrogen and oxygen atoms in total. The molecule has 222 valence electrons. The lowest BCUT2D eigenvalue weighted by Crippen LogP contribution is -2.55. The topological polar surface area (TPSA) is 85.6 Å². The third kappa shape index (κ3) is 5.34. The van der Waals surface area contributed by atoms with Gasteiger partial charge in [-0.1, -0.05) is 29.8 Å². The van der Waals surface area contributed by atoms with Gasteiger partial charge in [-0.25, -0.2) is 4.39 Å². The Kier molecular flexibility index (Phi) is 8.07. The predicted molar refractivity (Wildman–Crippen MR) is 160 cm³/mol. The minimum atomic E-state index is -1.01. The summed E-state index contributed by atoms with van der Waals surface area (Å²) >= 11 is 13.2. The molecule has 0 bridgehead atoms. The first kappa shape index (κ1) is 29.2. The van der Waals surface area contributed by atoms with Gasteiger partial charge in [-0.3, -0.25) is 4.79 Å². The normalized spacial score (nSPS) is 25.3. The lowest BCUT2D eigenvalue weighted by molar-refractivity contribution is -0.131. The molecule has 3 atom stereocenters. The number of benzene rings is 1. The molecule has 1 unspecified atom stereocenters. The maximum atomic E-state index is 13.8. The number of carbonyl (C=O) groups excluding carboxylic acids is 1. The number of nitrogens with zero attached hydrogens (tertiary/aromatic N) is 6. The minimum absolute atomic E-state index is 0.0844. The zero-order chi connectivity index (χ0) is 29.6. The summed E-state index contributed by atoms with van der Waals surface area (Å²) in [6.07, 6.45) is 6.57. The number of anilines is 1. The monoisotopic (exact) mass is 612 g/mol. The largest absolute Gasteiger partial charge is 0.462 e. The van der Waals surface area contributed by atoms with Crippen molar-refractivity contribution in [1.29, 1.82) is 5.26 Å². The van der Waals surface area contributed by atoms with E-state index in [1.807, 2.05) is 12.1 Å². The molecule has 1 aromatic heterocycles. The van der Waals surface area contributed by atoms with Crippen molar-refractivity contribution in [2.24, 2.45) is 0 Å². The van der Waals surface area contributed by atoms with Crippen LogP contribution in [0.1, 0.15) is 54.5 Å². The average Bonchev–Trinajstić information content (AvgIpc) is 3.53. The van der Waals surface area contributed by atoms with E-state index in [9.17, 15) is 14.4 Å². The number of fused-ring (bicyclic) bond motifs is 3. The molecule has 0 saturated carbocycles. The van der Waals surface area contributed by atoms with E-state index in [-0.39, 0.29) is 18.4 Å². The van der Waals surface area contributed by atoms with Gasteiger partial charge in [-0.15, -0.1) is 0 Å². The second kappa shape index (κ2) is 11.6. The van der Waals surface area contributed by atoms with Gasteiger partial charge >= 0.3 is 6.01 Å². The number of halogens is 3. The number of amides is 1. The molecular formula is C31H35Cl2FN6O2. The van der Waals surface area contributed by atoms with Gasteiger partial charge in [0.1, 0.15) is 12.4 Å². The number of hydrogen-bond acceptors (Lipinski definition) is 7. The third-order valence-corrected chi connectivity index (χ3v) is 10.1. The molecule has 0 N–H and O–H groups in total. The number of nitriles is 1. The number of rotatable bonds is 6.